The van der Waals surface area contributed by atoms with E-state index in [4.69, 9.17) is 5.73 Å². The first-order valence-corrected chi connectivity index (χ1v) is 4.41. The Morgan fingerprint density at radius 1 is 1.40 bits per heavy atom. The molecule has 15 heavy (non-hydrogen) atoms. The summed E-state index contributed by atoms with van der Waals surface area (Å²) in [6.07, 6.45) is 1.48. The number of hydrogen-bond donors (Lipinski definition) is 1. The molecule has 0 fully saturated rings. The number of benzene rings is 1. The van der Waals surface area contributed by atoms with Gasteiger partial charge < -0.3 is 5.73 Å². The molecule has 0 saturated carbocycles. The third kappa shape index (κ3) is 1.71. The molecule has 0 spiro atoms. The van der Waals surface area contributed by atoms with Crippen molar-refractivity contribution in [3.63, 3.8) is 0 Å². The van der Waals surface area contributed by atoms with Gasteiger partial charge in [-0.25, -0.2) is 9.78 Å². The van der Waals surface area contributed by atoms with Crippen molar-refractivity contribution < 1.29 is 4.79 Å². The van der Waals surface area contributed by atoms with E-state index in [1.165, 1.54) is 10.8 Å². The van der Waals surface area contributed by atoms with Crippen molar-refractivity contribution in [3.8, 4) is 0 Å². The molecule has 2 N–H and O–H groups in total. The Balaban J connectivity index is 2.74. The topological polar surface area (TPSA) is 78.0 Å². The van der Waals surface area contributed by atoms with Gasteiger partial charge >= 0.3 is 5.69 Å². The van der Waals surface area contributed by atoms with Crippen LogP contribution in [0.4, 0.5) is 0 Å². The van der Waals surface area contributed by atoms with E-state index in [0.717, 1.165) is 5.39 Å². The van der Waals surface area contributed by atoms with Gasteiger partial charge in [-0.15, -0.1) is 0 Å². The van der Waals surface area contributed by atoms with Gasteiger partial charge in [0.25, 0.3) is 0 Å². The standard InChI is InChI=1S/C10H9N3O2/c11-9(14)6-13-8-4-2-1-3-7(8)5-12-10(13)15/h1-5H,6H2,(H2,11,14). The molecule has 0 aliphatic carbocycles. The van der Waals surface area contributed by atoms with Gasteiger partial charge in [0.15, 0.2) is 0 Å². The maximum Gasteiger partial charge on any atom is 0.348 e. The van der Waals surface area contributed by atoms with Crippen molar-refractivity contribution in [1.29, 1.82) is 0 Å². The van der Waals surface area contributed by atoms with Crippen molar-refractivity contribution in [2.75, 3.05) is 0 Å². The third-order valence-electron chi connectivity index (χ3n) is 2.09. The number of para-hydroxylation sites is 1. The number of primary amides is 1. The number of hydrogen-bond acceptors (Lipinski definition) is 3. The average Bonchev–Trinajstić information content (AvgIpc) is 2.22. The minimum Gasteiger partial charge on any atom is -0.368 e. The number of amides is 1. The van der Waals surface area contributed by atoms with Gasteiger partial charge in [0, 0.05) is 11.6 Å². The normalized spacial score (nSPS) is 10.4. The molecule has 1 heterocycles. The SMILES string of the molecule is NC(=O)Cn1c(=O)ncc2ccccc21. The van der Waals surface area contributed by atoms with Gasteiger partial charge in [-0.3, -0.25) is 9.36 Å². The van der Waals surface area contributed by atoms with Crippen LogP contribution in [0.15, 0.2) is 35.3 Å². The van der Waals surface area contributed by atoms with Crippen LogP contribution >= 0.6 is 0 Å². The second-order valence-electron chi connectivity index (χ2n) is 3.15. The fourth-order valence-electron chi connectivity index (χ4n) is 1.45. The highest BCUT2D eigenvalue weighted by Crippen LogP contribution is 2.09. The minimum atomic E-state index is -0.560. The van der Waals surface area contributed by atoms with Gasteiger partial charge in [0.1, 0.15) is 6.54 Å². The van der Waals surface area contributed by atoms with E-state index >= 15 is 0 Å². The monoisotopic (exact) mass is 203 g/mol. The number of aromatic nitrogens is 2. The van der Waals surface area contributed by atoms with Crippen LogP contribution in [0.25, 0.3) is 10.9 Å². The lowest BCUT2D eigenvalue weighted by Crippen LogP contribution is -2.29. The molecule has 1 aromatic carbocycles. The van der Waals surface area contributed by atoms with E-state index in [2.05, 4.69) is 4.98 Å². The molecular formula is C10H9N3O2. The van der Waals surface area contributed by atoms with Crippen LogP contribution in [0, 0.1) is 0 Å². The molecule has 0 radical (unpaired) electrons. The highest BCUT2D eigenvalue weighted by molar-refractivity contribution is 5.80. The molecule has 2 aromatic rings. The number of fused-ring (bicyclic) bond motifs is 1. The first-order valence-electron chi connectivity index (χ1n) is 4.41. The summed E-state index contributed by atoms with van der Waals surface area (Å²) >= 11 is 0. The zero-order chi connectivity index (χ0) is 10.8. The summed E-state index contributed by atoms with van der Waals surface area (Å²) in [4.78, 5) is 25.9. The Hall–Kier alpha value is -2.17. The Labute approximate surface area is 85.2 Å². The fourth-order valence-corrected chi connectivity index (χ4v) is 1.45. The van der Waals surface area contributed by atoms with Crippen LogP contribution < -0.4 is 11.4 Å². The second-order valence-corrected chi connectivity index (χ2v) is 3.15. The lowest BCUT2D eigenvalue weighted by molar-refractivity contribution is -0.118. The number of nitrogens with two attached hydrogens (primary N) is 1. The van der Waals surface area contributed by atoms with Gasteiger partial charge in [0.05, 0.1) is 5.52 Å². The zero-order valence-corrected chi connectivity index (χ0v) is 7.88. The van der Waals surface area contributed by atoms with Gasteiger partial charge in [-0.1, -0.05) is 18.2 Å². The molecule has 0 bridgehead atoms. The lowest BCUT2D eigenvalue weighted by Gasteiger charge is -2.05. The first kappa shape index (κ1) is 9.39. The lowest BCUT2D eigenvalue weighted by atomic mass is 10.2. The van der Waals surface area contributed by atoms with E-state index in [0.29, 0.717) is 5.52 Å². The number of nitrogens with zero attached hydrogens (tertiary/aromatic N) is 2. The zero-order valence-electron chi connectivity index (χ0n) is 7.88. The molecule has 0 unspecified atom stereocenters. The minimum absolute atomic E-state index is 0.146. The predicted molar refractivity (Wildman–Crippen MR) is 55.2 cm³/mol. The van der Waals surface area contributed by atoms with Crippen molar-refractivity contribution >= 4 is 16.8 Å². The second kappa shape index (κ2) is 3.53. The maximum atomic E-state index is 11.4. The number of rotatable bonds is 2. The average molecular weight is 203 g/mol. The molecule has 76 valence electrons. The van der Waals surface area contributed by atoms with Gasteiger partial charge in [-0.2, -0.15) is 0 Å². The van der Waals surface area contributed by atoms with E-state index < -0.39 is 11.6 Å². The Kier molecular flexibility index (Phi) is 2.21. The van der Waals surface area contributed by atoms with E-state index in [1.807, 2.05) is 12.1 Å². The largest absolute Gasteiger partial charge is 0.368 e. The van der Waals surface area contributed by atoms with Crippen molar-refractivity contribution in [3.05, 3.63) is 40.9 Å². The van der Waals surface area contributed by atoms with Crippen molar-refractivity contribution in [2.45, 2.75) is 6.54 Å². The Morgan fingerprint density at radius 2 is 2.13 bits per heavy atom. The summed E-state index contributed by atoms with van der Waals surface area (Å²) in [7, 11) is 0. The maximum absolute atomic E-state index is 11.4. The van der Waals surface area contributed by atoms with Crippen LogP contribution in [0.2, 0.25) is 0 Å². The van der Waals surface area contributed by atoms with Crippen LogP contribution in [-0.2, 0) is 11.3 Å². The molecule has 0 aliphatic heterocycles. The molecule has 0 atom stereocenters. The smallest absolute Gasteiger partial charge is 0.348 e. The van der Waals surface area contributed by atoms with E-state index in [-0.39, 0.29) is 6.54 Å². The molecule has 5 nitrogen and oxygen atoms in total. The summed E-state index contributed by atoms with van der Waals surface area (Å²) < 4.78 is 1.26. The molecule has 5 heteroatoms. The summed E-state index contributed by atoms with van der Waals surface area (Å²) in [5.41, 5.74) is 5.26. The van der Waals surface area contributed by atoms with Crippen LogP contribution in [-0.4, -0.2) is 15.5 Å². The van der Waals surface area contributed by atoms with Crippen LogP contribution in [0.1, 0.15) is 0 Å². The molecule has 0 saturated heterocycles. The van der Waals surface area contributed by atoms with Crippen LogP contribution in [0.3, 0.4) is 0 Å². The van der Waals surface area contributed by atoms with Gasteiger partial charge in [0.2, 0.25) is 5.91 Å². The van der Waals surface area contributed by atoms with Crippen molar-refractivity contribution in [1.82, 2.24) is 9.55 Å². The fraction of sp³-hybridized carbons (Fsp3) is 0.100. The molecule has 0 aliphatic rings. The Bertz CT molecular complexity index is 574. The summed E-state index contributed by atoms with van der Waals surface area (Å²) in [6.45, 7) is -0.146. The highest BCUT2D eigenvalue weighted by atomic mass is 16.2. The first-order chi connectivity index (χ1) is 7.18. The highest BCUT2D eigenvalue weighted by Gasteiger charge is 2.05. The van der Waals surface area contributed by atoms with Crippen molar-refractivity contribution in [2.24, 2.45) is 5.73 Å². The van der Waals surface area contributed by atoms with Gasteiger partial charge in [-0.05, 0) is 6.07 Å². The van der Waals surface area contributed by atoms with E-state index in [9.17, 15) is 9.59 Å². The predicted octanol–water partition coefficient (Wildman–Crippen LogP) is -0.118. The Morgan fingerprint density at radius 3 is 2.87 bits per heavy atom. The summed E-state index contributed by atoms with van der Waals surface area (Å²) in [5, 5.41) is 0.804. The summed E-state index contributed by atoms with van der Waals surface area (Å²) in [5.74, 6) is -0.560. The number of carbonyl (C=O) groups excluding carboxylic acids is 1. The van der Waals surface area contributed by atoms with Crippen LogP contribution in [0.5, 0.6) is 0 Å². The van der Waals surface area contributed by atoms with E-state index in [1.54, 1.807) is 12.1 Å². The number of carbonyl (C=O) groups is 1. The third-order valence-corrected chi connectivity index (χ3v) is 2.09. The quantitative estimate of drug-likeness (QED) is 0.739. The molecular weight excluding hydrogens is 194 g/mol. The molecule has 1 aromatic heterocycles. The summed E-state index contributed by atoms with van der Waals surface area (Å²) in [6, 6.07) is 7.20. The molecule has 1 amide bonds. The molecule has 2 rings (SSSR count).